The van der Waals surface area contributed by atoms with Crippen LogP contribution in [0.4, 0.5) is 8.78 Å². The van der Waals surface area contributed by atoms with Crippen molar-refractivity contribution in [2.24, 2.45) is 0 Å². The van der Waals surface area contributed by atoms with Gasteiger partial charge < -0.3 is 15.0 Å². The number of hydrogen-bond acceptors (Lipinski definition) is 3. The Morgan fingerprint density at radius 3 is 2.79 bits per heavy atom. The number of nitrogens with one attached hydrogen (secondary N) is 1. The van der Waals surface area contributed by atoms with Crippen LogP contribution in [0, 0.1) is 11.6 Å². The molecule has 0 aliphatic heterocycles. The van der Waals surface area contributed by atoms with E-state index in [2.05, 4.69) is 5.32 Å². The predicted octanol–water partition coefficient (Wildman–Crippen LogP) is 1.27. The van der Waals surface area contributed by atoms with Gasteiger partial charge in [-0.25, -0.2) is 8.78 Å². The smallest absolute Gasteiger partial charge is 0.254 e. The molecular formula is C13H18F2N2O2. The quantitative estimate of drug-likeness (QED) is 0.813. The van der Waals surface area contributed by atoms with Gasteiger partial charge in [0.05, 0.1) is 12.2 Å². The Balaban J connectivity index is 2.41. The van der Waals surface area contributed by atoms with Crippen LogP contribution in [0.25, 0.3) is 0 Å². The molecule has 0 heterocycles. The number of halogens is 2. The fraction of sp³-hybridized carbons (Fsp3) is 0.462. The first kappa shape index (κ1) is 15.5. The summed E-state index contributed by atoms with van der Waals surface area (Å²) in [6, 6.07) is 3.53. The minimum absolute atomic E-state index is 0.278. The van der Waals surface area contributed by atoms with Gasteiger partial charge in [-0.15, -0.1) is 0 Å². The predicted molar refractivity (Wildman–Crippen MR) is 68.1 cm³/mol. The molecule has 106 valence electrons. The molecule has 1 amide bonds. The van der Waals surface area contributed by atoms with Crippen LogP contribution in [0.15, 0.2) is 18.2 Å². The van der Waals surface area contributed by atoms with Crippen LogP contribution >= 0.6 is 0 Å². The van der Waals surface area contributed by atoms with Gasteiger partial charge >= 0.3 is 0 Å². The van der Waals surface area contributed by atoms with E-state index in [0.29, 0.717) is 19.7 Å². The molecule has 1 aromatic rings. The second-order valence-corrected chi connectivity index (χ2v) is 4.15. The number of likely N-dealkylation sites (N-methyl/N-ethyl adjacent to an activating group) is 1. The van der Waals surface area contributed by atoms with Gasteiger partial charge in [0.25, 0.3) is 5.91 Å². The van der Waals surface area contributed by atoms with E-state index in [4.69, 9.17) is 4.74 Å². The topological polar surface area (TPSA) is 41.6 Å². The van der Waals surface area contributed by atoms with E-state index in [-0.39, 0.29) is 5.56 Å². The molecule has 0 aliphatic carbocycles. The second-order valence-electron chi connectivity index (χ2n) is 4.15. The first-order chi connectivity index (χ1) is 9.06. The number of hydrogen-bond donors (Lipinski definition) is 1. The van der Waals surface area contributed by atoms with Crippen LogP contribution in [-0.4, -0.2) is 51.2 Å². The maximum absolute atomic E-state index is 13.3. The molecule has 1 N–H and O–H groups in total. The van der Waals surface area contributed by atoms with E-state index in [1.807, 2.05) is 11.9 Å². The molecule has 6 heteroatoms. The second kappa shape index (κ2) is 7.81. The normalized spacial score (nSPS) is 10.8. The van der Waals surface area contributed by atoms with Crippen molar-refractivity contribution < 1.29 is 18.3 Å². The molecule has 0 spiro atoms. The van der Waals surface area contributed by atoms with E-state index >= 15 is 0 Å². The van der Waals surface area contributed by atoms with Gasteiger partial charge in [-0.3, -0.25) is 4.79 Å². The van der Waals surface area contributed by atoms with Gasteiger partial charge in [-0.2, -0.15) is 0 Å². The molecule has 0 saturated heterocycles. The number of benzene rings is 1. The standard InChI is InChI=1S/C13H18F2N2O2/c1-17(8-9-19-2)7-6-16-13(18)10-4-3-5-11(14)12(10)15/h3-5H,6-9H2,1-2H3,(H,16,18). The lowest BCUT2D eigenvalue weighted by Crippen LogP contribution is -2.34. The maximum Gasteiger partial charge on any atom is 0.254 e. The van der Waals surface area contributed by atoms with E-state index in [1.165, 1.54) is 12.1 Å². The van der Waals surface area contributed by atoms with Crippen molar-refractivity contribution in [3.05, 3.63) is 35.4 Å². The van der Waals surface area contributed by atoms with Gasteiger partial charge in [0.1, 0.15) is 0 Å². The van der Waals surface area contributed by atoms with Crippen LogP contribution in [0.5, 0.6) is 0 Å². The van der Waals surface area contributed by atoms with Crippen LogP contribution in [0.1, 0.15) is 10.4 Å². The third-order valence-electron chi connectivity index (χ3n) is 2.65. The molecule has 0 aliphatic rings. The number of ether oxygens (including phenoxy) is 1. The summed E-state index contributed by atoms with van der Waals surface area (Å²) in [6.07, 6.45) is 0. The van der Waals surface area contributed by atoms with E-state index in [9.17, 15) is 13.6 Å². The molecule has 1 aromatic carbocycles. The van der Waals surface area contributed by atoms with Crippen molar-refractivity contribution in [1.29, 1.82) is 0 Å². The molecule has 19 heavy (non-hydrogen) atoms. The van der Waals surface area contributed by atoms with Gasteiger partial charge in [0.15, 0.2) is 11.6 Å². The zero-order valence-electron chi connectivity index (χ0n) is 11.1. The highest BCUT2D eigenvalue weighted by Crippen LogP contribution is 2.10. The summed E-state index contributed by atoms with van der Waals surface area (Å²) in [5, 5.41) is 2.55. The first-order valence-electron chi connectivity index (χ1n) is 5.96. The average Bonchev–Trinajstić information content (AvgIpc) is 2.39. The lowest BCUT2D eigenvalue weighted by Gasteiger charge is -2.16. The van der Waals surface area contributed by atoms with Crippen molar-refractivity contribution in [3.63, 3.8) is 0 Å². The Labute approximate surface area is 111 Å². The summed E-state index contributed by atoms with van der Waals surface area (Å²) < 4.78 is 31.2. The highest BCUT2D eigenvalue weighted by molar-refractivity contribution is 5.94. The van der Waals surface area contributed by atoms with Crippen LogP contribution in [0.2, 0.25) is 0 Å². The molecule has 1 rings (SSSR count). The lowest BCUT2D eigenvalue weighted by atomic mass is 10.2. The lowest BCUT2D eigenvalue weighted by molar-refractivity contribution is 0.0942. The molecule has 4 nitrogen and oxygen atoms in total. The van der Waals surface area contributed by atoms with Gasteiger partial charge in [-0.1, -0.05) is 6.07 Å². The van der Waals surface area contributed by atoms with Crippen molar-refractivity contribution in [2.75, 3.05) is 40.4 Å². The molecule has 0 saturated carbocycles. The van der Waals surface area contributed by atoms with E-state index in [1.54, 1.807) is 7.11 Å². The SMILES string of the molecule is COCCN(C)CCNC(=O)c1cccc(F)c1F. The van der Waals surface area contributed by atoms with Crippen LogP contribution in [-0.2, 0) is 4.74 Å². The van der Waals surface area contributed by atoms with Gasteiger partial charge in [-0.05, 0) is 19.2 Å². The summed E-state index contributed by atoms with van der Waals surface area (Å²) >= 11 is 0. The van der Waals surface area contributed by atoms with Crippen molar-refractivity contribution in [3.8, 4) is 0 Å². The number of nitrogens with zero attached hydrogens (tertiary/aromatic N) is 1. The molecular weight excluding hydrogens is 254 g/mol. The van der Waals surface area contributed by atoms with Crippen LogP contribution in [0.3, 0.4) is 0 Å². The summed E-state index contributed by atoms with van der Waals surface area (Å²) in [4.78, 5) is 13.6. The number of methoxy groups -OCH3 is 1. The van der Waals surface area contributed by atoms with E-state index < -0.39 is 17.5 Å². The highest BCUT2D eigenvalue weighted by Gasteiger charge is 2.14. The minimum Gasteiger partial charge on any atom is -0.383 e. The molecule has 0 fully saturated rings. The zero-order chi connectivity index (χ0) is 14.3. The number of carbonyl (C=O) groups is 1. The van der Waals surface area contributed by atoms with E-state index in [0.717, 1.165) is 12.6 Å². The maximum atomic E-state index is 13.3. The molecule has 0 aromatic heterocycles. The monoisotopic (exact) mass is 272 g/mol. The Hall–Kier alpha value is -1.53. The van der Waals surface area contributed by atoms with Gasteiger partial charge in [0.2, 0.25) is 0 Å². The number of amides is 1. The number of rotatable bonds is 7. The Morgan fingerprint density at radius 2 is 2.11 bits per heavy atom. The third kappa shape index (κ3) is 4.92. The molecule has 0 bridgehead atoms. The Kier molecular flexibility index (Phi) is 6.38. The minimum atomic E-state index is -1.12. The van der Waals surface area contributed by atoms with Crippen molar-refractivity contribution >= 4 is 5.91 Å². The zero-order valence-corrected chi connectivity index (χ0v) is 11.1. The summed E-state index contributed by atoms with van der Waals surface area (Å²) in [6.45, 7) is 2.30. The third-order valence-corrected chi connectivity index (χ3v) is 2.65. The summed E-state index contributed by atoms with van der Waals surface area (Å²) in [5.74, 6) is -2.75. The Bertz CT molecular complexity index is 427. The molecule has 0 atom stereocenters. The largest absolute Gasteiger partial charge is 0.383 e. The molecule has 0 radical (unpaired) electrons. The van der Waals surface area contributed by atoms with Crippen molar-refractivity contribution in [1.82, 2.24) is 10.2 Å². The van der Waals surface area contributed by atoms with Gasteiger partial charge in [0, 0.05) is 26.7 Å². The first-order valence-corrected chi connectivity index (χ1v) is 5.96. The average molecular weight is 272 g/mol. The van der Waals surface area contributed by atoms with Crippen LogP contribution < -0.4 is 5.32 Å². The highest BCUT2D eigenvalue weighted by atomic mass is 19.2. The summed E-state index contributed by atoms with van der Waals surface area (Å²) in [7, 11) is 3.50. The fourth-order valence-electron chi connectivity index (χ4n) is 1.49. The summed E-state index contributed by atoms with van der Waals surface area (Å²) in [5.41, 5.74) is -0.278. The van der Waals surface area contributed by atoms with Crippen molar-refractivity contribution in [2.45, 2.75) is 0 Å². The molecule has 0 unspecified atom stereocenters. The fourth-order valence-corrected chi connectivity index (χ4v) is 1.49. The Morgan fingerprint density at radius 1 is 1.37 bits per heavy atom. The number of carbonyl (C=O) groups excluding carboxylic acids is 1.